The van der Waals surface area contributed by atoms with Crippen LogP contribution in [0.4, 0.5) is 11.4 Å². The van der Waals surface area contributed by atoms with Gasteiger partial charge < -0.3 is 5.32 Å². The van der Waals surface area contributed by atoms with E-state index >= 15 is 0 Å². The zero-order valence-corrected chi connectivity index (χ0v) is 12.8. The first-order valence-electron chi connectivity index (χ1n) is 6.97. The average molecular weight is 288 g/mol. The Labute approximate surface area is 123 Å². The van der Waals surface area contributed by atoms with Gasteiger partial charge in [0.25, 0.3) is 5.69 Å². The topological polar surface area (TPSA) is 73.0 Å². The molecule has 1 heterocycles. The van der Waals surface area contributed by atoms with Gasteiger partial charge in [-0.25, -0.2) is 0 Å². The zero-order valence-electron chi connectivity index (χ0n) is 12.8. The molecule has 0 aliphatic rings. The molecule has 6 heteroatoms. The van der Waals surface area contributed by atoms with E-state index in [1.807, 2.05) is 43.9 Å². The van der Waals surface area contributed by atoms with Gasteiger partial charge in [-0.05, 0) is 39.3 Å². The summed E-state index contributed by atoms with van der Waals surface area (Å²) < 4.78 is 1.88. The molecule has 112 valence electrons. The molecule has 21 heavy (non-hydrogen) atoms. The third kappa shape index (κ3) is 3.21. The Morgan fingerprint density at radius 2 is 2.10 bits per heavy atom. The van der Waals surface area contributed by atoms with E-state index in [4.69, 9.17) is 0 Å². The first-order valence-corrected chi connectivity index (χ1v) is 6.97. The van der Waals surface area contributed by atoms with Crippen molar-refractivity contribution < 1.29 is 4.92 Å². The number of rotatable bonds is 5. The van der Waals surface area contributed by atoms with Crippen molar-refractivity contribution in [1.29, 1.82) is 0 Å². The molecular weight excluding hydrogens is 268 g/mol. The predicted octanol–water partition coefficient (Wildman–Crippen LogP) is 3.60. The largest absolute Gasteiger partial charge is 0.378 e. The number of nitrogens with zero attached hydrogens (tertiary/aromatic N) is 3. The first kappa shape index (κ1) is 15.0. The highest BCUT2D eigenvalue weighted by atomic mass is 16.6. The molecule has 1 aromatic heterocycles. The third-order valence-corrected chi connectivity index (χ3v) is 3.59. The fourth-order valence-electron chi connectivity index (χ4n) is 2.25. The van der Waals surface area contributed by atoms with Crippen molar-refractivity contribution >= 4 is 11.4 Å². The molecule has 1 unspecified atom stereocenters. The predicted molar refractivity (Wildman–Crippen MR) is 82.5 cm³/mol. The summed E-state index contributed by atoms with van der Waals surface area (Å²) in [6.45, 7) is 8.55. The van der Waals surface area contributed by atoms with E-state index in [1.54, 1.807) is 13.0 Å². The van der Waals surface area contributed by atoms with Gasteiger partial charge in [0.2, 0.25) is 0 Å². The summed E-state index contributed by atoms with van der Waals surface area (Å²) in [6.07, 6.45) is 3.85. The lowest BCUT2D eigenvalue weighted by molar-refractivity contribution is -0.385. The zero-order chi connectivity index (χ0) is 15.6. The summed E-state index contributed by atoms with van der Waals surface area (Å²) in [4.78, 5) is 10.6. The van der Waals surface area contributed by atoms with Crippen molar-refractivity contribution in [2.75, 3.05) is 5.32 Å². The summed E-state index contributed by atoms with van der Waals surface area (Å²) in [5, 5.41) is 18.6. The fourth-order valence-corrected chi connectivity index (χ4v) is 2.25. The van der Waals surface area contributed by atoms with Gasteiger partial charge >= 0.3 is 0 Å². The molecule has 1 N–H and O–H groups in total. The van der Waals surface area contributed by atoms with Crippen LogP contribution in [0.5, 0.6) is 0 Å². The molecule has 1 aromatic carbocycles. The monoisotopic (exact) mass is 288 g/mol. The van der Waals surface area contributed by atoms with E-state index < -0.39 is 0 Å². The molecule has 6 nitrogen and oxygen atoms in total. The van der Waals surface area contributed by atoms with Crippen molar-refractivity contribution in [3.8, 4) is 0 Å². The Kier molecular flexibility index (Phi) is 4.26. The number of nitrogens with one attached hydrogen (secondary N) is 1. The number of aromatic nitrogens is 2. The second-order valence-electron chi connectivity index (χ2n) is 5.21. The highest BCUT2D eigenvalue weighted by Crippen LogP contribution is 2.28. The maximum Gasteiger partial charge on any atom is 0.272 e. The van der Waals surface area contributed by atoms with E-state index in [0.717, 1.165) is 23.4 Å². The van der Waals surface area contributed by atoms with Crippen LogP contribution in [0.3, 0.4) is 0 Å². The van der Waals surface area contributed by atoms with Crippen LogP contribution in [-0.4, -0.2) is 14.7 Å². The smallest absolute Gasteiger partial charge is 0.272 e. The lowest BCUT2D eigenvalue weighted by Gasteiger charge is -2.16. The average Bonchev–Trinajstić information content (AvgIpc) is 2.91. The third-order valence-electron chi connectivity index (χ3n) is 3.59. The van der Waals surface area contributed by atoms with Crippen molar-refractivity contribution in [3.05, 3.63) is 51.3 Å². The van der Waals surface area contributed by atoms with Gasteiger partial charge in [0.1, 0.15) is 0 Å². The molecule has 0 saturated heterocycles. The van der Waals surface area contributed by atoms with Gasteiger partial charge in [-0.1, -0.05) is 0 Å². The van der Waals surface area contributed by atoms with Crippen molar-refractivity contribution in [2.24, 2.45) is 0 Å². The Balaban J connectivity index is 2.23. The maximum atomic E-state index is 10.9. The Morgan fingerprint density at radius 3 is 2.67 bits per heavy atom. The van der Waals surface area contributed by atoms with Crippen LogP contribution < -0.4 is 5.32 Å². The van der Waals surface area contributed by atoms with Crippen LogP contribution in [0.25, 0.3) is 0 Å². The molecular formula is C15H20N4O2. The number of hydrogen-bond donors (Lipinski definition) is 1. The molecule has 2 aromatic rings. The van der Waals surface area contributed by atoms with E-state index in [1.165, 1.54) is 0 Å². The highest BCUT2D eigenvalue weighted by molar-refractivity contribution is 5.60. The van der Waals surface area contributed by atoms with Crippen LogP contribution in [-0.2, 0) is 6.54 Å². The summed E-state index contributed by atoms with van der Waals surface area (Å²) in [6, 6.07) is 3.53. The van der Waals surface area contributed by atoms with Crippen LogP contribution in [0.1, 0.15) is 36.6 Å². The van der Waals surface area contributed by atoms with Gasteiger partial charge in [-0.3, -0.25) is 14.8 Å². The molecule has 0 saturated carbocycles. The highest BCUT2D eigenvalue weighted by Gasteiger charge is 2.15. The van der Waals surface area contributed by atoms with Crippen molar-refractivity contribution in [2.45, 2.75) is 40.3 Å². The first-order chi connectivity index (χ1) is 9.92. The van der Waals surface area contributed by atoms with Crippen molar-refractivity contribution in [3.63, 3.8) is 0 Å². The number of nitro groups is 1. The van der Waals surface area contributed by atoms with Gasteiger partial charge in [0, 0.05) is 35.6 Å². The van der Waals surface area contributed by atoms with Gasteiger partial charge in [-0.15, -0.1) is 0 Å². The molecule has 0 spiro atoms. The van der Waals surface area contributed by atoms with E-state index in [0.29, 0.717) is 5.56 Å². The van der Waals surface area contributed by atoms with E-state index in [2.05, 4.69) is 10.4 Å². The number of nitro benzene ring substituents is 1. The Morgan fingerprint density at radius 1 is 1.38 bits per heavy atom. The molecule has 0 aliphatic carbocycles. The molecule has 0 aliphatic heterocycles. The summed E-state index contributed by atoms with van der Waals surface area (Å²) in [7, 11) is 0. The van der Waals surface area contributed by atoms with Crippen LogP contribution in [0, 0.1) is 24.0 Å². The molecule has 1 atom stereocenters. The van der Waals surface area contributed by atoms with E-state index in [-0.39, 0.29) is 16.7 Å². The quantitative estimate of drug-likeness (QED) is 0.674. The molecule has 0 amide bonds. The molecule has 2 rings (SSSR count). The van der Waals surface area contributed by atoms with Gasteiger partial charge in [-0.2, -0.15) is 5.10 Å². The summed E-state index contributed by atoms with van der Waals surface area (Å²) in [5.74, 6) is 0. The van der Waals surface area contributed by atoms with Gasteiger partial charge in [0.05, 0.1) is 17.2 Å². The van der Waals surface area contributed by atoms with Gasteiger partial charge in [0.15, 0.2) is 0 Å². The maximum absolute atomic E-state index is 10.9. The molecule has 0 bridgehead atoms. The summed E-state index contributed by atoms with van der Waals surface area (Å²) in [5.41, 5.74) is 3.68. The van der Waals surface area contributed by atoms with Crippen LogP contribution in [0.2, 0.25) is 0 Å². The van der Waals surface area contributed by atoms with Crippen LogP contribution >= 0.6 is 0 Å². The minimum Gasteiger partial charge on any atom is -0.378 e. The minimum absolute atomic E-state index is 0.0878. The van der Waals surface area contributed by atoms with Crippen LogP contribution in [0.15, 0.2) is 24.5 Å². The van der Waals surface area contributed by atoms with Crippen molar-refractivity contribution in [1.82, 2.24) is 9.78 Å². The Hall–Kier alpha value is -2.37. The normalized spacial score (nSPS) is 12.2. The number of hydrogen-bond acceptors (Lipinski definition) is 4. The molecule has 0 radical (unpaired) electrons. The Bertz CT molecular complexity index is 664. The van der Waals surface area contributed by atoms with E-state index in [9.17, 15) is 10.1 Å². The number of aryl methyl sites for hydroxylation is 3. The summed E-state index contributed by atoms with van der Waals surface area (Å²) >= 11 is 0. The standard InChI is InChI=1S/C15H20N4O2/c1-5-18-9-13(8-16-18)12(4)17-14-6-11(3)15(19(20)21)7-10(14)2/h6-9,12,17H,5H2,1-4H3. The lowest BCUT2D eigenvalue weighted by atomic mass is 10.1. The second-order valence-corrected chi connectivity index (χ2v) is 5.21. The molecule has 0 fully saturated rings. The SMILES string of the molecule is CCn1cc(C(C)Nc2cc(C)c([N+](=O)[O-])cc2C)cn1. The second kappa shape index (κ2) is 5.95. The minimum atomic E-state index is -0.346. The fraction of sp³-hybridized carbons (Fsp3) is 0.400. The lowest BCUT2D eigenvalue weighted by Crippen LogP contribution is -2.08. The number of benzene rings is 1. The number of anilines is 1.